The first-order valence-corrected chi connectivity index (χ1v) is 5.80. The number of carbonyl (C=O) groups is 1. The topological polar surface area (TPSA) is 82.2 Å². The number of ether oxygens (including phenoxy) is 1. The van der Waals surface area contributed by atoms with Crippen LogP contribution in [0.15, 0.2) is 30.5 Å². The molecule has 0 fully saturated rings. The van der Waals surface area contributed by atoms with Crippen molar-refractivity contribution in [1.82, 2.24) is 15.1 Å². The van der Waals surface area contributed by atoms with Gasteiger partial charge in [-0.3, -0.25) is 9.48 Å². The number of anilines is 1. The maximum atomic E-state index is 12.0. The number of nitrogen functional groups attached to an aromatic ring is 1. The van der Waals surface area contributed by atoms with Crippen LogP contribution in [0.25, 0.3) is 0 Å². The monoisotopic (exact) mass is 260 g/mol. The molecule has 0 bridgehead atoms. The molecule has 6 heteroatoms. The van der Waals surface area contributed by atoms with Gasteiger partial charge in [0.2, 0.25) is 0 Å². The lowest BCUT2D eigenvalue weighted by Crippen LogP contribution is -2.24. The van der Waals surface area contributed by atoms with Crippen LogP contribution in [0.3, 0.4) is 0 Å². The Bertz CT molecular complexity index is 592. The highest BCUT2D eigenvalue weighted by Crippen LogP contribution is 2.22. The zero-order valence-electron chi connectivity index (χ0n) is 10.9. The van der Waals surface area contributed by atoms with Crippen molar-refractivity contribution in [3.05, 3.63) is 41.7 Å². The minimum atomic E-state index is -0.181. The fourth-order valence-electron chi connectivity index (χ4n) is 1.70. The van der Waals surface area contributed by atoms with E-state index in [1.54, 1.807) is 29.1 Å². The number of amides is 1. The zero-order chi connectivity index (χ0) is 13.8. The Labute approximate surface area is 111 Å². The maximum absolute atomic E-state index is 12.0. The average molecular weight is 260 g/mol. The molecule has 1 heterocycles. The van der Waals surface area contributed by atoms with Gasteiger partial charge < -0.3 is 15.8 Å². The van der Waals surface area contributed by atoms with Crippen LogP contribution in [0.2, 0.25) is 0 Å². The highest BCUT2D eigenvalue weighted by Gasteiger charge is 2.09. The third-order valence-electron chi connectivity index (χ3n) is 2.85. The lowest BCUT2D eigenvalue weighted by Gasteiger charge is -2.08. The Morgan fingerprint density at radius 3 is 2.89 bits per heavy atom. The molecule has 0 aliphatic heterocycles. The van der Waals surface area contributed by atoms with Gasteiger partial charge in [0.15, 0.2) is 0 Å². The molecule has 0 spiro atoms. The van der Waals surface area contributed by atoms with E-state index in [0.717, 1.165) is 5.69 Å². The molecule has 3 N–H and O–H groups in total. The van der Waals surface area contributed by atoms with Gasteiger partial charge in [0.05, 0.1) is 25.0 Å². The van der Waals surface area contributed by atoms with Gasteiger partial charge in [-0.05, 0) is 24.3 Å². The lowest BCUT2D eigenvalue weighted by molar-refractivity contribution is 0.0949. The van der Waals surface area contributed by atoms with Crippen molar-refractivity contribution in [2.75, 3.05) is 12.8 Å². The van der Waals surface area contributed by atoms with E-state index >= 15 is 0 Å². The first kappa shape index (κ1) is 12.9. The SMILES string of the molecule is COc1cc(C(=O)NCc2ccnn2C)ccc1N. The van der Waals surface area contributed by atoms with Crippen LogP contribution in [0.4, 0.5) is 5.69 Å². The summed E-state index contributed by atoms with van der Waals surface area (Å²) >= 11 is 0. The summed E-state index contributed by atoms with van der Waals surface area (Å²) in [6.07, 6.45) is 1.69. The molecule has 19 heavy (non-hydrogen) atoms. The van der Waals surface area contributed by atoms with Crippen molar-refractivity contribution in [2.45, 2.75) is 6.54 Å². The normalized spacial score (nSPS) is 10.2. The quantitative estimate of drug-likeness (QED) is 0.801. The van der Waals surface area contributed by atoms with Crippen LogP contribution in [-0.4, -0.2) is 22.8 Å². The van der Waals surface area contributed by atoms with E-state index in [4.69, 9.17) is 10.5 Å². The Kier molecular flexibility index (Phi) is 3.70. The largest absolute Gasteiger partial charge is 0.495 e. The second-order valence-corrected chi connectivity index (χ2v) is 4.09. The fraction of sp³-hybridized carbons (Fsp3) is 0.231. The summed E-state index contributed by atoms with van der Waals surface area (Å²) < 4.78 is 6.80. The Hall–Kier alpha value is -2.50. The number of hydrogen-bond donors (Lipinski definition) is 2. The fourth-order valence-corrected chi connectivity index (χ4v) is 1.70. The van der Waals surface area contributed by atoms with Crippen LogP contribution in [-0.2, 0) is 13.6 Å². The summed E-state index contributed by atoms with van der Waals surface area (Å²) in [5, 5.41) is 6.85. The molecule has 1 amide bonds. The maximum Gasteiger partial charge on any atom is 0.251 e. The molecular formula is C13H16N4O2. The minimum absolute atomic E-state index is 0.181. The summed E-state index contributed by atoms with van der Waals surface area (Å²) in [6.45, 7) is 0.419. The summed E-state index contributed by atoms with van der Waals surface area (Å²) in [5.74, 6) is 0.313. The Morgan fingerprint density at radius 1 is 1.47 bits per heavy atom. The van der Waals surface area contributed by atoms with Crippen LogP contribution in [0.5, 0.6) is 5.75 Å². The van der Waals surface area contributed by atoms with Crippen molar-refractivity contribution in [3.63, 3.8) is 0 Å². The second kappa shape index (κ2) is 5.43. The molecule has 0 unspecified atom stereocenters. The smallest absolute Gasteiger partial charge is 0.251 e. The van der Waals surface area contributed by atoms with Crippen LogP contribution in [0.1, 0.15) is 16.1 Å². The average Bonchev–Trinajstić information content (AvgIpc) is 2.82. The van der Waals surface area contributed by atoms with Gasteiger partial charge in [-0.2, -0.15) is 5.10 Å². The molecule has 0 radical (unpaired) electrons. The molecule has 100 valence electrons. The van der Waals surface area contributed by atoms with Crippen LogP contribution < -0.4 is 15.8 Å². The van der Waals surface area contributed by atoms with Crippen LogP contribution in [0, 0.1) is 0 Å². The number of nitrogens with one attached hydrogen (secondary N) is 1. The molecule has 0 saturated heterocycles. The second-order valence-electron chi connectivity index (χ2n) is 4.09. The molecule has 1 aromatic heterocycles. The molecule has 1 aromatic carbocycles. The number of nitrogens with zero attached hydrogens (tertiary/aromatic N) is 2. The first-order chi connectivity index (χ1) is 9.11. The number of benzene rings is 1. The molecular weight excluding hydrogens is 244 g/mol. The number of hydrogen-bond acceptors (Lipinski definition) is 4. The molecule has 2 aromatic rings. The van der Waals surface area contributed by atoms with Crippen molar-refractivity contribution >= 4 is 11.6 Å². The van der Waals surface area contributed by atoms with Gasteiger partial charge in [0, 0.05) is 18.8 Å². The predicted octanol–water partition coefficient (Wildman–Crippen LogP) is 0.941. The van der Waals surface area contributed by atoms with E-state index in [1.165, 1.54) is 7.11 Å². The molecule has 0 aliphatic rings. The van der Waals surface area contributed by atoms with E-state index in [-0.39, 0.29) is 5.91 Å². The minimum Gasteiger partial charge on any atom is -0.495 e. The van der Waals surface area contributed by atoms with E-state index in [1.807, 2.05) is 13.1 Å². The number of aromatic nitrogens is 2. The van der Waals surface area contributed by atoms with Crippen molar-refractivity contribution in [2.24, 2.45) is 7.05 Å². The summed E-state index contributed by atoms with van der Waals surface area (Å²) in [6, 6.07) is 6.78. The number of carbonyl (C=O) groups excluding carboxylic acids is 1. The van der Waals surface area contributed by atoms with Crippen molar-refractivity contribution in [3.8, 4) is 5.75 Å². The molecule has 6 nitrogen and oxygen atoms in total. The molecule has 0 atom stereocenters. The highest BCUT2D eigenvalue weighted by molar-refractivity contribution is 5.95. The van der Waals surface area contributed by atoms with Crippen molar-refractivity contribution in [1.29, 1.82) is 0 Å². The predicted molar refractivity (Wildman–Crippen MR) is 71.8 cm³/mol. The number of methoxy groups -OCH3 is 1. The van der Waals surface area contributed by atoms with Gasteiger partial charge in [0.1, 0.15) is 5.75 Å². The van der Waals surface area contributed by atoms with Gasteiger partial charge >= 0.3 is 0 Å². The van der Waals surface area contributed by atoms with E-state index in [0.29, 0.717) is 23.5 Å². The standard InChI is InChI=1S/C13H16N4O2/c1-17-10(5-6-16-17)8-15-13(18)9-3-4-11(14)12(7-9)19-2/h3-7H,8,14H2,1-2H3,(H,15,18). The Balaban J connectivity index is 2.06. The lowest BCUT2D eigenvalue weighted by atomic mass is 10.1. The van der Waals surface area contributed by atoms with Crippen molar-refractivity contribution < 1.29 is 9.53 Å². The first-order valence-electron chi connectivity index (χ1n) is 5.80. The third kappa shape index (κ3) is 2.85. The molecule has 0 saturated carbocycles. The van der Waals surface area contributed by atoms with Gasteiger partial charge in [0.25, 0.3) is 5.91 Å². The van der Waals surface area contributed by atoms with E-state index in [9.17, 15) is 4.79 Å². The van der Waals surface area contributed by atoms with E-state index < -0.39 is 0 Å². The number of nitrogens with two attached hydrogens (primary N) is 1. The van der Waals surface area contributed by atoms with Gasteiger partial charge in [-0.1, -0.05) is 0 Å². The summed E-state index contributed by atoms with van der Waals surface area (Å²) in [4.78, 5) is 12.0. The molecule has 2 rings (SSSR count). The zero-order valence-corrected chi connectivity index (χ0v) is 10.9. The van der Waals surface area contributed by atoms with E-state index in [2.05, 4.69) is 10.4 Å². The molecule has 0 aliphatic carbocycles. The Morgan fingerprint density at radius 2 is 2.26 bits per heavy atom. The third-order valence-corrected chi connectivity index (χ3v) is 2.85. The summed E-state index contributed by atoms with van der Waals surface area (Å²) in [5.41, 5.74) is 7.64. The van der Waals surface area contributed by atoms with Gasteiger partial charge in [-0.15, -0.1) is 0 Å². The number of rotatable bonds is 4. The van der Waals surface area contributed by atoms with Gasteiger partial charge in [-0.25, -0.2) is 0 Å². The number of aryl methyl sites for hydroxylation is 1. The van der Waals surface area contributed by atoms with Crippen LogP contribution >= 0.6 is 0 Å². The summed E-state index contributed by atoms with van der Waals surface area (Å²) in [7, 11) is 3.34. The highest BCUT2D eigenvalue weighted by atomic mass is 16.5.